The predicted molar refractivity (Wildman–Crippen MR) is 79.0 cm³/mol. The molecule has 0 saturated carbocycles. The van der Waals surface area contributed by atoms with Gasteiger partial charge in [-0.25, -0.2) is 0 Å². The third kappa shape index (κ3) is 2.93. The lowest BCUT2D eigenvalue weighted by molar-refractivity contribution is 0.0401. The molecule has 0 aromatic carbocycles. The van der Waals surface area contributed by atoms with Gasteiger partial charge in [-0.05, 0) is 19.9 Å². The zero-order valence-electron chi connectivity index (χ0n) is 12.6. The first kappa shape index (κ1) is 14.8. The standard InChI is InChI=1S/C15H23N3O2/c1-10(2)13-9-17(4)5-6-18(13)15(20)12-8-16-11(3)7-14(12)19/h7-8,10,13H,5-6,9H2,1-4H3,(H,16,19)/t13-/m0/s1. The summed E-state index contributed by atoms with van der Waals surface area (Å²) >= 11 is 0. The van der Waals surface area contributed by atoms with Gasteiger partial charge in [-0.2, -0.15) is 0 Å². The Bertz CT molecular complexity index is 550. The Balaban J connectivity index is 2.29. The number of amides is 1. The topological polar surface area (TPSA) is 56.4 Å². The first-order valence-corrected chi connectivity index (χ1v) is 7.09. The fourth-order valence-electron chi connectivity index (χ4n) is 2.67. The normalized spacial score (nSPS) is 20.4. The van der Waals surface area contributed by atoms with Crippen LogP contribution in [0.4, 0.5) is 0 Å². The van der Waals surface area contributed by atoms with Crippen LogP contribution in [0.3, 0.4) is 0 Å². The molecule has 1 aromatic heterocycles. The molecule has 0 aliphatic carbocycles. The molecule has 1 fully saturated rings. The van der Waals surface area contributed by atoms with E-state index in [4.69, 9.17) is 0 Å². The minimum absolute atomic E-state index is 0.155. The Morgan fingerprint density at radius 1 is 1.40 bits per heavy atom. The van der Waals surface area contributed by atoms with Gasteiger partial charge in [0, 0.05) is 43.6 Å². The maximum Gasteiger partial charge on any atom is 0.259 e. The molecule has 1 aromatic rings. The summed E-state index contributed by atoms with van der Waals surface area (Å²) in [5.74, 6) is 0.212. The van der Waals surface area contributed by atoms with Gasteiger partial charge in [-0.3, -0.25) is 9.59 Å². The number of hydrogen-bond acceptors (Lipinski definition) is 3. The first-order chi connectivity index (χ1) is 9.40. The lowest BCUT2D eigenvalue weighted by Gasteiger charge is -2.42. The average molecular weight is 277 g/mol. The van der Waals surface area contributed by atoms with Crippen LogP contribution >= 0.6 is 0 Å². The maximum absolute atomic E-state index is 12.6. The fraction of sp³-hybridized carbons (Fsp3) is 0.600. The average Bonchev–Trinajstić information content (AvgIpc) is 2.37. The van der Waals surface area contributed by atoms with E-state index in [1.54, 1.807) is 0 Å². The molecule has 110 valence electrons. The van der Waals surface area contributed by atoms with Crippen molar-refractivity contribution in [3.05, 3.63) is 33.7 Å². The Morgan fingerprint density at radius 3 is 2.70 bits per heavy atom. The van der Waals surface area contributed by atoms with Crippen LogP contribution in [-0.4, -0.2) is 53.4 Å². The largest absolute Gasteiger partial charge is 0.364 e. The number of pyridine rings is 1. The lowest BCUT2D eigenvalue weighted by atomic mass is 9.99. The summed E-state index contributed by atoms with van der Waals surface area (Å²) in [6.07, 6.45) is 1.54. The number of aromatic amines is 1. The summed E-state index contributed by atoms with van der Waals surface area (Å²) in [6, 6.07) is 1.63. The van der Waals surface area contributed by atoms with Crippen molar-refractivity contribution in [2.75, 3.05) is 26.7 Å². The van der Waals surface area contributed by atoms with Crippen LogP contribution in [0.5, 0.6) is 0 Å². The number of rotatable bonds is 2. The van der Waals surface area contributed by atoms with E-state index >= 15 is 0 Å². The number of nitrogens with one attached hydrogen (secondary N) is 1. The van der Waals surface area contributed by atoms with Gasteiger partial charge in [0.15, 0.2) is 5.43 Å². The van der Waals surface area contributed by atoms with Gasteiger partial charge in [-0.1, -0.05) is 13.8 Å². The van der Waals surface area contributed by atoms with Crippen molar-refractivity contribution in [3.8, 4) is 0 Å². The quantitative estimate of drug-likeness (QED) is 0.880. The SMILES string of the molecule is Cc1cc(=O)c(C(=O)N2CCN(C)C[C@H]2C(C)C)c[nH]1. The highest BCUT2D eigenvalue weighted by Gasteiger charge is 2.32. The van der Waals surface area contributed by atoms with Crippen molar-refractivity contribution in [2.45, 2.75) is 26.8 Å². The Morgan fingerprint density at radius 2 is 2.10 bits per heavy atom. The number of aromatic nitrogens is 1. The van der Waals surface area contributed by atoms with E-state index in [0.29, 0.717) is 12.5 Å². The van der Waals surface area contributed by atoms with E-state index in [1.807, 2.05) is 11.8 Å². The molecule has 1 aliphatic heterocycles. The van der Waals surface area contributed by atoms with E-state index in [9.17, 15) is 9.59 Å². The molecular formula is C15H23N3O2. The molecule has 0 spiro atoms. The molecule has 1 N–H and O–H groups in total. The summed E-state index contributed by atoms with van der Waals surface area (Å²) in [5, 5.41) is 0. The summed E-state index contributed by atoms with van der Waals surface area (Å²) in [6.45, 7) is 8.41. The highest BCUT2D eigenvalue weighted by Crippen LogP contribution is 2.18. The van der Waals surface area contributed by atoms with E-state index in [1.165, 1.54) is 12.3 Å². The number of likely N-dealkylation sites (N-methyl/N-ethyl adjacent to an activating group) is 1. The van der Waals surface area contributed by atoms with Gasteiger partial charge < -0.3 is 14.8 Å². The minimum atomic E-state index is -0.201. The van der Waals surface area contributed by atoms with Crippen LogP contribution in [0.15, 0.2) is 17.1 Å². The molecule has 5 heteroatoms. The highest BCUT2D eigenvalue weighted by atomic mass is 16.2. The molecule has 1 saturated heterocycles. The Kier molecular flexibility index (Phi) is 4.28. The molecule has 1 atom stereocenters. The molecule has 1 amide bonds. The number of H-pyrrole nitrogens is 1. The molecule has 2 heterocycles. The van der Waals surface area contributed by atoms with E-state index in [2.05, 4.69) is 30.8 Å². The fourth-order valence-corrected chi connectivity index (χ4v) is 2.67. The van der Waals surface area contributed by atoms with E-state index in [0.717, 1.165) is 18.8 Å². The third-order valence-electron chi connectivity index (χ3n) is 3.94. The van der Waals surface area contributed by atoms with Gasteiger partial charge in [-0.15, -0.1) is 0 Å². The second kappa shape index (κ2) is 5.79. The number of piperazine rings is 1. The third-order valence-corrected chi connectivity index (χ3v) is 3.94. The van der Waals surface area contributed by atoms with Crippen LogP contribution in [0.2, 0.25) is 0 Å². The number of carbonyl (C=O) groups excluding carboxylic acids is 1. The van der Waals surface area contributed by atoms with Crippen molar-refractivity contribution in [1.29, 1.82) is 0 Å². The van der Waals surface area contributed by atoms with E-state index in [-0.39, 0.29) is 22.9 Å². The van der Waals surface area contributed by atoms with Crippen LogP contribution in [0, 0.1) is 12.8 Å². The maximum atomic E-state index is 12.6. The van der Waals surface area contributed by atoms with E-state index < -0.39 is 0 Å². The van der Waals surface area contributed by atoms with Crippen molar-refractivity contribution >= 4 is 5.91 Å². The Labute approximate surface area is 119 Å². The zero-order valence-corrected chi connectivity index (χ0v) is 12.6. The summed E-state index contributed by atoms with van der Waals surface area (Å²) in [5.41, 5.74) is 0.809. The monoisotopic (exact) mass is 277 g/mol. The lowest BCUT2D eigenvalue weighted by Crippen LogP contribution is -2.56. The van der Waals surface area contributed by atoms with Gasteiger partial charge in [0.25, 0.3) is 5.91 Å². The second-order valence-corrected chi connectivity index (χ2v) is 5.97. The van der Waals surface area contributed by atoms with Crippen LogP contribution < -0.4 is 5.43 Å². The second-order valence-electron chi connectivity index (χ2n) is 5.97. The molecule has 20 heavy (non-hydrogen) atoms. The number of aryl methyl sites for hydroxylation is 1. The Hall–Kier alpha value is -1.62. The van der Waals surface area contributed by atoms with Gasteiger partial charge >= 0.3 is 0 Å². The zero-order chi connectivity index (χ0) is 14.9. The van der Waals surface area contributed by atoms with Crippen molar-refractivity contribution < 1.29 is 4.79 Å². The highest BCUT2D eigenvalue weighted by molar-refractivity contribution is 5.94. The van der Waals surface area contributed by atoms with Gasteiger partial charge in [0.05, 0.1) is 0 Å². The summed E-state index contributed by atoms with van der Waals surface area (Å²) in [4.78, 5) is 31.7. The minimum Gasteiger partial charge on any atom is -0.364 e. The van der Waals surface area contributed by atoms with Crippen molar-refractivity contribution in [3.63, 3.8) is 0 Å². The first-order valence-electron chi connectivity index (χ1n) is 7.09. The van der Waals surface area contributed by atoms with Gasteiger partial charge in [0.2, 0.25) is 0 Å². The number of hydrogen-bond donors (Lipinski definition) is 1. The molecular weight excluding hydrogens is 254 g/mol. The molecule has 1 aliphatic rings. The smallest absolute Gasteiger partial charge is 0.259 e. The summed E-state index contributed by atoms with van der Waals surface area (Å²) < 4.78 is 0. The number of nitrogens with zero attached hydrogens (tertiary/aromatic N) is 2. The molecule has 0 unspecified atom stereocenters. The molecule has 0 radical (unpaired) electrons. The van der Waals surface area contributed by atoms with Crippen molar-refractivity contribution in [1.82, 2.24) is 14.8 Å². The molecule has 0 bridgehead atoms. The van der Waals surface area contributed by atoms with Crippen molar-refractivity contribution in [2.24, 2.45) is 5.92 Å². The van der Waals surface area contributed by atoms with Crippen LogP contribution in [0.25, 0.3) is 0 Å². The van der Waals surface area contributed by atoms with Gasteiger partial charge in [0.1, 0.15) is 5.56 Å². The molecule has 2 rings (SSSR count). The molecule has 5 nitrogen and oxygen atoms in total. The van der Waals surface area contributed by atoms with Crippen LogP contribution in [-0.2, 0) is 0 Å². The summed E-state index contributed by atoms with van der Waals surface area (Å²) in [7, 11) is 2.07. The number of carbonyl (C=O) groups is 1. The predicted octanol–water partition coefficient (Wildman–Crippen LogP) is 1.10. The van der Waals surface area contributed by atoms with Crippen LogP contribution in [0.1, 0.15) is 29.9 Å².